The molecule has 31 heavy (non-hydrogen) atoms. The molecule has 2 heterocycles. The third kappa shape index (κ3) is 4.40. The number of amides is 1. The van der Waals surface area contributed by atoms with Crippen molar-refractivity contribution in [3.05, 3.63) is 82.5 Å². The Bertz CT molecular complexity index is 1200. The van der Waals surface area contributed by atoms with Crippen LogP contribution >= 0.6 is 24.0 Å². The predicted molar refractivity (Wildman–Crippen MR) is 123 cm³/mol. The van der Waals surface area contributed by atoms with Crippen LogP contribution in [0.15, 0.2) is 70.0 Å². The van der Waals surface area contributed by atoms with Crippen molar-refractivity contribution in [2.45, 2.75) is 6.54 Å². The van der Waals surface area contributed by atoms with Gasteiger partial charge in [0.2, 0.25) is 0 Å². The molecule has 0 spiro atoms. The number of hydrogen-bond acceptors (Lipinski definition) is 6. The lowest BCUT2D eigenvalue weighted by atomic mass is 10.1. The summed E-state index contributed by atoms with van der Waals surface area (Å²) < 4.78 is 11.7. The minimum atomic E-state index is -0.984. The van der Waals surface area contributed by atoms with E-state index < -0.39 is 5.97 Å². The average Bonchev–Trinajstić information content (AvgIpc) is 3.34. The summed E-state index contributed by atoms with van der Waals surface area (Å²) in [5.41, 5.74) is 1.82. The van der Waals surface area contributed by atoms with Gasteiger partial charge >= 0.3 is 5.97 Å². The van der Waals surface area contributed by atoms with Gasteiger partial charge in [0, 0.05) is 17.2 Å². The number of hydrogen-bond donors (Lipinski definition) is 1. The van der Waals surface area contributed by atoms with Crippen molar-refractivity contribution >= 4 is 46.3 Å². The number of benzene rings is 2. The molecule has 1 N–H and O–H groups in total. The van der Waals surface area contributed by atoms with Gasteiger partial charge in [0.15, 0.2) is 0 Å². The average molecular weight is 452 g/mol. The zero-order valence-electron chi connectivity index (χ0n) is 16.4. The van der Waals surface area contributed by atoms with E-state index in [1.807, 2.05) is 24.3 Å². The molecule has 1 saturated heterocycles. The van der Waals surface area contributed by atoms with Crippen molar-refractivity contribution in [3.63, 3.8) is 0 Å². The zero-order chi connectivity index (χ0) is 22.0. The minimum absolute atomic E-state index is 0.190. The van der Waals surface area contributed by atoms with Gasteiger partial charge in [0.25, 0.3) is 5.91 Å². The Morgan fingerprint density at radius 1 is 1.16 bits per heavy atom. The van der Waals surface area contributed by atoms with E-state index in [0.717, 1.165) is 11.1 Å². The molecule has 1 amide bonds. The van der Waals surface area contributed by atoms with Gasteiger partial charge < -0.3 is 14.3 Å². The number of carboxylic acid groups (broad SMARTS) is 1. The highest BCUT2D eigenvalue weighted by Crippen LogP contribution is 2.35. The lowest BCUT2D eigenvalue weighted by molar-refractivity contribution is -0.122. The third-order valence-electron chi connectivity index (χ3n) is 4.71. The van der Waals surface area contributed by atoms with Gasteiger partial charge in [-0.3, -0.25) is 9.69 Å². The lowest BCUT2D eigenvalue weighted by Crippen LogP contribution is -2.27. The molecular formula is C23H17NO5S2. The summed E-state index contributed by atoms with van der Waals surface area (Å²) in [6.45, 7) is 0.325. The van der Waals surface area contributed by atoms with Gasteiger partial charge in [0.1, 0.15) is 21.6 Å². The summed E-state index contributed by atoms with van der Waals surface area (Å²) in [7, 11) is 1.59. The molecular weight excluding hydrogens is 434 g/mol. The Hall–Kier alpha value is -3.36. The second kappa shape index (κ2) is 8.79. The minimum Gasteiger partial charge on any atom is -0.496 e. The highest BCUT2D eigenvalue weighted by Gasteiger charge is 2.32. The molecule has 0 saturated carbocycles. The zero-order valence-corrected chi connectivity index (χ0v) is 18.0. The van der Waals surface area contributed by atoms with Crippen LogP contribution in [-0.4, -0.2) is 33.3 Å². The second-order valence-electron chi connectivity index (χ2n) is 6.66. The summed E-state index contributed by atoms with van der Waals surface area (Å²) in [6.07, 6.45) is 1.66. The molecule has 1 fully saturated rings. The molecule has 0 unspecified atom stereocenters. The lowest BCUT2D eigenvalue weighted by Gasteiger charge is -2.16. The van der Waals surface area contributed by atoms with E-state index in [0.29, 0.717) is 33.0 Å². The summed E-state index contributed by atoms with van der Waals surface area (Å²) in [4.78, 5) is 25.9. The van der Waals surface area contributed by atoms with Crippen molar-refractivity contribution < 1.29 is 23.8 Å². The van der Waals surface area contributed by atoms with E-state index in [1.165, 1.54) is 28.8 Å². The Balaban J connectivity index is 1.52. The van der Waals surface area contributed by atoms with Crippen molar-refractivity contribution in [1.29, 1.82) is 0 Å². The number of carboxylic acids is 1. The fourth-order valence-corrected chi connectivity index (χ4v) is 4.37. The molecule has 1 aromatic heterocycles. The van der Waals surface area contributed by atoms with E-state index in [4.69, 9.17) is 26.5 Å². The Labute approximate surface area is 188 Å². The predicted octanol–water partition coefficient (Wildman–Crippen LogP) is 5.05. The Morgan fingerprint density at radius 3 is 2.61 bits per heavy atom. The maximum absolute atomic E-state index is 12.9. The molecule has 6 nitrogen and oxygen atoms in total. The van der Waals surface area contributed by atoms with E-state index in [-0.39, 0.29) is 11.5 Å². The number of para-hydroxylation sites is 1. The SMILES string of the molecule is COc1ccccc1CN1C(=O)/C(=C/c2ccc(-c3ccc(C(=O)O)cc3)o2)SC1=S. The van der Waals surface area contributed by atoms with Crippen LogP contribution in [0.25, 0.3) is 17.4 Å². The van der Waals surface area contributed by atoms with E-state index in [9.17, 15) is 9.59 Å². The van der Waals surface area contributed by atoms with Crippen molar-refractivity contribution in [2.75, 3.05) is 7.11 Å². The quantitative estimate of drug-likeness (QED) is 0.415. The molecule has 4 rings (SSSR count). The van der Waals surface area contributed by atoms with Crippen LogP contribution < -0.4 is 4.74 Å². The molecule has 0 radical (unpaired) electrons. The van der Waals surface area contributed by atoms with Crippen LogP contribution in [0.2, 0.25) is 0 Å². The summed E-state index contributed by atoms with van der Waals surface area (Å²) in [6, 6.07) is 17.4. The maximum atomic E-state index is 12.9. The first-order chi connectivity index (χ1) is 15.0. The number of ether oxygens (including phenoxy) is 1. The van der Waals surface area contributed by atoms with Crippen molar-refractivity contribution in [3.8, 4) is 17.1 Å². The number of thiocarbonyl (C=S) groups is 1. The second-order valence-corrected chi connectivity index (χ2v) is 8.34. The maximum Gasteiger partial charge on any atom is 0.335 e. The summed E-state index contributed by atoms with van der Waals surface area (Å²) in [5, 5.41) is 9.01. The normalized spacial score (nSPS) is 15.0. The molecule has 1 aliphatic heterocycles. The number of thioether (sulfide) groups is 1. The first-order valence-corrected chi connectivity index (χ1v) is 10.5. The standard InChI is InChI=1S/C23H17NO5S2/c1-28-18-5-3-2-4-16(18)13-24-21(25)20(31-23(24)30)12-17-10-11-19(29-17)14-6-8-15(9-7-14)22(26)27/h2-12H,13H2,1H3,(H,26,27)/b20-12-. The summed E-state index contributed by atoms with van der Waals surface area (Å²) >= 11 is 6.63. The molecule has 156 valence electrons. The number of methoxy groups -OCH3 is 1. The van der Waals surface area contributed by atoms with Crippen LogP contribution in [-0.2, 0) is 11.3 Å². The van der Waals surface area contributed by atoms with E-state index in [1.54, 1.807) is 37.5 Å². The smallest absolute Gasteiger partial charge is 0.335 e. The molecule has 0 atom stereocenters. The highest BCUT2D eigenvalue weighted by atomic mass is 32.2. The van der Waals surface area contributed by atoms with Gasteiger partial charge in [-0.15, -0.1) is 0 Å². The fraction of sp³-hybridized carbons (Fsp3) is 0.0870. The molecule has 0 bridgehead atoms. The monoisotopic (exact) mass is 451 g/mol. The number of carbonyl (C=O) groups excluding carboxylic acids is 1. The van der Waals surface area contributed by atoms with Gasteiger partial charge in [-0.25, -0.2) is 4.79 Å². The number of nitrogens with zero attached hydrogens (tertiary/aromatic N) is 1. The molecule has 2 aromatic carbocycles. The van der Waals surface area contributed by atoms with Crippen LogP contribution in [0.1, 0.15) is 21.7 Å². The number of furan rings is 1. The molecule has 0 aliphatic carbocycles. The number of aromatic carboxylic acids is 1. The molecule has 3 aromatic rings. The van der Waals surface area contributed by atoms with Crippen LogP contribution in [0.4, 0.5) is 0 Å². The van der Waals surface area contributed by atoms with Crippen LogP contribution in [0.5, 0.6) is 5.75 Å². The van der Waals surface area contributed by atoms with Gasteiger partial charge in [-0.2, -0.15) is 0 Å². The van der Waals surface area contributed by atoms with Crippen LogP contribution in [0.3, 0.4) is 0 Å². The highest BCUT2D eigenvalue weighted by molar-refractivity contribution is 8.26. The topological polar surface area (TPSA) is 80.0 Å². The molecule has 8 heteroatoms. The number of rotatable bonds is 6. The Kier molecular flexibility index (Phi) is 5.92. The van der Waals surface area contributed by atoms with Crippen molar-refractivity contribution in [2.24, 2.45) is 0 Å². The largest absolute Gasteiger partial charge is 0.496 e. The van der Waals surface area contributed by atoms with E-state index in [2.05, 4.69) is 0 Å². The Morgan fingerprint density at radius 2 is 1.90 bits per heavy atom. The first-order valence-electron chi connectivity index (χ1n) is 9.27. The number of carbonyl (C=O) groups is 2. The van der Waals surface area contributed by atoms with E-state index >= 15 is 0 Å². The third-order valence-corrected chi connectivity index (χ3v) is 6.09. The van der Waals surface area contributed by atoms with Gasteiger partial charge in [-0.1, -0.05) is 54.3 Å². The summed E-state index contributed by atoms with van der Waals surface area (Å²) in [5.74, 6) is 0.611. The first kappa shape index (κ1) is 20.9. The molecule has 1 aliphatic rings. The van der Waals surface area contributed by atoms with Crippen LogP contribution in [0, 0.1) is 0 Å². The van der Waals surface area contributed by atoms with Gasteiger partial charge in [-0.05, 0) is 30.3 Å². The fourth-order valence-electron chi connectivity index (χ4n) is 3.13. The van der Waals surface area contributed by atoms with Crippen molar-refractivity contribution in [1.82, 2.24) is 4.90 Å². The van der Waals surface area contributed by atoms with Gasteiger partial charge in [0.05, 0.1) is 24.1 Å².